The van der Waals surface area contributed by atoms with Crippen LogP contribution in [-0.2, 0) is 5.41 Å². The zero-order valence-corrected chi connectivity index (χ0v) is 19.5. The monoisotopic (exact) mass is 503 g/mol. The first kappa shape index (κ1) is 23.3. The van der Waals surface area contributed by atoms with Gasteiger partial charge in [-0.3, -0.25) is 9.89 Å². The Bertz CT molecular complexity index is 627. The molecule has 5 nitrogen and oxygen atoms in total. The molecule has 158 valence electrons. The van der Waals surface area contributed by atoms with Crippen LogP contribution in [0.25, 0.3) is 0 Å². The summed E-state index contributed by atoms with van der Waals surface area (Å²) in [7, 11) is 0. The molecule has 2 N–H and O–H groups in total. The van der Waals surface area contributed by atoms with E-state index in [1.54, 1.807) is 12.1 Å². The molecule has 1 heterocycles. The number of halogens is 2. The molecule has 1 aromatic carbocycles. The van der Waals surface area contributed by atoms with Crippen molar-refractivity contribution in [1.29, 1.82) is 0 Å². The van der Waals surface area contributed by atoms with Gasteiger partial charge in [-0.2, -0.15) is 0 Å². The molecule has 1 saturated heterocycles. The molecule has 28 heavy (non-hydrogen) atoms. The van der Waals surface area contributed by atoms with Crippen LogP contribution in [-0.4, -0.2) is 74.7 Å². The first-order valence-electron chi connectivity index (χ1n) is 10.4. The maximum absolute atomic E-state index is 13.6. The summed E-state index contributed by atoms with van der Waals surface area (Å²) in [5.74, 6) is 0.711. The van der Waals surface area contributed by atoms with Gasteiger partial charge >= 0.3 is 0 Å². The van der Waals surface area contributed by atoms with E-state index < -0.39 is 0 Å². The van der Waals surface area contributed by atoms with Gasteiger partial charge in [-0.05, 0) is 44.0 Å². The van der Waals surface area contributed by atoms with Gasteiger partial charge in [0.15, 0.2) is 5.96 Å². The van der Waals surface area contributed by atoms with E-state index >= 15 is 0 Å². The van der Waals surface area contributed by atoms with Crippen LogP contribution < -0.4 is 10.6 Å². The normalized spacial score (nSPS) is 19.8. The molecule has 7 heteroatoms. The van der Waals surface area contributed by atoms with E-state index in [4.69, 9.17) is 4.99 Å². The molecule has 1 saturated carbocycles. The largest absolute Gasteiger partial charge is 0.357 e. The number of likely N-dealkylation sites (N-methyl/N-ethyl adjacent to an activating group) is 1. The number of nitrogens with one attached hydrogen (secondary N) is 2. The van der Waals surface area contributed by atoms with Crippen LogP contribution in [0.15, 0.2) is 29.3 Å². The zero-order chi connectivity index (χ0) is 19.1. The standard InChI is InChI=1S/C21H34FN5.HI/c1-3-23-20(24-10-11-27-14-12-26(4-2)13-15-27)25-17-21(8-9-21)18-6-5-7-19(22)16-18;/h5-7,16H,3-4,8-15,17H2,1-2H3,(H2,23,24,25);1H. The fourth-order valence-electron chi connectivity index (χ4n) is 3.74. The number of aliphatic imine (C=N–C) groups is 1. The number of benzene rings is 1. The summed E-state index contributed by atoms with van der Waals surface area (Å²) in [5.41, 5.74) is 1.11. The van der Waals surface area contributed by atoms with Gasteiger partial charge in [0.05, 0.1) is 6.54 Å². The number of guanidine groups is 1. The van der Waals surface area contributed by atoms with Crippen molar-refractivity contribution in [2.45, 2.75) is 32.1 Å². The fourth-order valence-corrected chi connectivity index (χ4v) is 3.74. The lowest BCUT2D eigenvalue weighted by molar-refractivity contribution is 0.139. The third-order valence-electron chi connectivity index (χ3n) is 5.81. The molecule has 0 bridgehead atoms. The van der Waals surface area contributed by atoms with Gasteiger partial charge in [-0.15, -0.1) is 24.0 Å². The summed E-state index contributed by atoms with van der Waals surface area (Å²) in [4.78, 5) is 9.82. The lowest BCUT2D eigenvalue weighted by Gasteiger charge is -2.34. The summed E-state index contributed by atoms with van der Waals surface area (Å²) in [6.45, 7) is 13.6. The van der Waals surface area contributed by atoms with Crippen molar-refractivity contribution >= 4 is 29.9 Å². The Hall–Kier alpha value is -0.930. The van der Waals surface area contributed by atoms with Crippen LogP contribution in [0, 0.1) is 5.82 Å². The third-order valence-corrected chi connectivity index (χ3v) is 5.81. The first-order valence-corrected chi connectivity index (χ1v) is 10.4. The number of hydrogen-bond acceptors (Lipinski definition) is 3. The molecule has 1 aromatic rings. The first-order chi connectivity index (χ1) is 13.1. The topological polar surface area (TPSA) is 42.9 Å². The molecule has 2 fully saturated rings. The Morgan fingerprint density at radius 2 is 1.82 bits per heavy atom. The molecule has 0 unspecified atom stereocenters. The Labute approximate surface area is 186 Å². The van der Waals surface area contributed by atoms with E-state index in [1.807, 2.05) is 6.07 Å². The maximum atomic E-state index is 13.6. The molecule has 2 aliphatic rings. The van der Waals surface area contributed by atoms with E-state index in [2.05, 4.69) is 34.3 Å². The minimum Gasteiger partial charge on any atom is -0.357 e. The molecule has 0 aromatic heterocycles. The maximum Gasteiger partial charge on any atom is 0.191 e. The lowest BCUT2D eigenvalue weighted by atomic mass is 9.96. The van der Waals surface area contributed by atoms with E-state index in [1.165, 1.54) is 19.2 Å². The molecule has 0 radical (unpaired) electrons. The number of piperazine rings is 1. The molecule has 1 aliphatic carbocycles. The smallest absolute Gasteiger partial charge is 0.191 e. The minimum atomic E-state index is -0.157. The highest BCUT2D eigenvalue weighted by atomic mass is 127. The van der Waals surface area contributed by atoms with Crippen molar-refractivity contribution in [2.24, 2.45) is 4.99 Å². The molecular weight excluding hydrogens is 468 g/mol. The van der Waals surface area contributed by atoms with Crippen molar-refractivity contribution in [1.82, 2.24) is 20.4 Å². The van der Waals surface area contributed by atoms with Crippen LogP contribution in [0.2, 0.25) is 0 Å². The fraction of sp³-hybridized carbons (Fsp3) is 0.667. The average Bonchev–Trinajstić information content (AvgIpc) is 3.48. The van der Waals surface area contributed by atoms with Gasteiger partial charge in [0.1, 0.15) is 5.82 Å². The Morgan fingerprint density at radius 3 is 2.43 bits per heavy atom. The van der Waals surface area contributed by atoms with Gasteiger partial charge in [0.2, 0.25) is 0 Å². The summed E-state index contributed by atoms with van der Waals surface area (Å²) < 4.78 is 13.6. The quantitative estimate of drug-likeness (QED) is 0.326. The lowest BCUT2D eigenvalue weighted by Crippen LogP contribution is -2.49. The zero-order valence-electron chi connectivity index (χ0n) is 17.2. The van der Waals surface area contributed by atoms with E-state index in [9.17, 15) is 4.39 Å². The van der Waals surface area contributed by atoms with E-state index in [-0.39, 0.29) is 35.2 Å². The Morgan fingerprint density at radius 1 is 1.11 bits per heavy atom. The second kappa shape index (κ2) is 11.3. The second-order valence-electron chi connectivity index (χ2n) is 7.69. The van der Waals surface area contributed by atoms with E-state index in [0.29, 0.717) is 6.54 Å². The van der Waals surface area contributed by atoms with Crippen LogP contribution >= 0.6 is 24.0 Å². The Kier molecular flexibility index (Phi) is 9.43. The minimum absolute atomic E-state index is 0. The highest BCUT2D eigenvalue weighted by Crippen LogP contribution is 2.48. The number of nitrogens with zero attached hydrogens (tertiary/aromatic N) is 3. The predicted octanol–water partition coefficient (Wildman–Crippen LogP) is 2.67. The van der Waals surface area contributed by atoms with Crippen LogP contribution in [0.1, 0.15) is 32.3 Å². The third kappa shape index (κ3) is 6.56. The van der Waals surface area contributed by atoms with Crippen LogP contribution in [0.5, 0.6) is 0 Å². The summed E-state index contributed by atoms with van der Waals surface area (Å²) in [6.07, 6.45) is 2.17. The molecule has 0 spiro atoms. The van der Waals surface area contributed by atoms with Crippen molar-refractivity contribution in [3.05, 3.63) is 35.6 Å². The van der Waals surface area contributed by atoms with E-state index in [0.717, 1.165) is 63.6 Å². The second-order valence-corrected chi connectivity index (χ2v) is 7.69. The summed E-state index contributed by atoms with van der Waals surface area (Å²) in [5, 5.41) is 6.80. The number of hydrogen-bond donors (Lipinski definition) is 2. The predicted molar refractivity (Wildman–Crippen MR) is 125 cm³/mol. The van der Waals surface area contributed by atoms with Crippen LogP contribution in [0.4, 0.5) is 4.39 Å². The average molecular weight is 503 g/mol. The van der Waals surface area contributed by atoms with Gasteiger partial charge in [0.25, 0.3) is 0 Å². The van der Waals surface area contributed by atoms with Gasteiger partial charge < -0.3 is 15.5 Å². The molecule has 0 amide bonds. The van der Waals surface area contributed by atoms with Crippen molar-refractivity contribution in [2.75, 3.05) is 58.9 Å². The van der Waals surface area contributed by atoms with Crippen molar-refractivity contribution in [3.63, 3.8) is 0 Å². The molecular formula is C21H35FIN5. The highest BCUT2D eigenvalue weighted by Gasteiger charge is 2.44. The summed E-state index contributed by atoms with van der Waals surface area (Å²) in [6, 6.07) is 7.01. The highest BCUT2D eigenvalue weighted by molar-refractivity contribution is 14.0. The molecule has 3 rings (SSSR count). The van der Waals surface area contributed by atoms with Crippen LogP contribution in [0.3, 0.4) is 0 Å². The van der Waals surface area contributed by atoms with Crippen molar-refractivity contribution < 1.29 is 4.39 Å². The summed E-state index contributed by atoms with van der Waals surface area (Å²) >= 11 is 0. The van der Waals surface area contributed by atoms with Gasteiger partial charge in [-0.25, -0.2) is 4.39 Å². The van der Waals surface area contributed by atoms with Gasteiger partial charge in [0, 0.05) is 51.2 Å². The molecule has 0 atom stereocenters. The van der Waals surface area contributed by atoms with Gasteiger partial charge in [-0.1, -0.05) is 19.1 Å². The Balaban J connectivity index is 0.00000280. The SMILES string of the molecule is CCNC(=NCC1(c2cccc(F)c2)CC1)NCCN1CCN(CC)CC1.I. The number of rotatable bonds is 8. The molecule has 1 aliphatic heterocycles. The van der Waals surface area contributed by atoms with Crippen molar-refractivity contribution in [3.8, 4) is 0 Å².